The second-order valence-corrected chi connectivity index (χ2v) is 9.69. The number of anilines is 2. The van der Waals surface area contributed by atoms with E-state index in [9.17, 15) is 4.79 Å². The monoisotopic (exact) mass is 448 g/mol. The molecule has 7 heteroatoms. The number of hydrogen-bond acceptors (Lipinski definition) is 6. The molecule has 5 rings (SSSR count). The highest BCUT2D eigenvalue weighted by Crippen LogP contribution is 2.32. The summed E-state index contributed by atoms with van der Waals surface area (Å²) in [5, 5.41) is 3.33. The number of hydrogen-bond donors (Lipinski definition) is 1. The number of nitrogens with one attached hydrogen (secondary N) is 1. The lowest BCUT2D eigenvalue weighted by atomic mass is 10.0. The Balaban J connectivity index is 1.33. The van der Waals surface area contributed by atoms with E-state index >= 15 is 0 Å². The molecule has 0 bridgehead atoms. The number of nitrogens with zero attached hydrogens (tertiary/aromatic N) is 5. The summed E-state index contributed by atoms with van der Waals surface area (Å²) in [6.45, 7) is 8.34. The number of fused-ring (bicyclic) bond motifs is 1. The lowest BCUT2D eigenvalue weighted by Crippen LogP contribution is -2.34. The molecule has 1 aromatic heterocycles. The van der Waals surface area contributed by atoms with Crippen LogP contribution in [0.4, 0.5) is 11.5 Å². The molecule has 2 aromatic rings. The summed E-state index contributed by atoms with van der Waals surface area (Å²) >= 11 is 0. The number of rotatable bonds is 5. The zero-order chi connectivity index (χ0) is 22.8. The first-order chi connectivity index (χ1) is 16.1. The average Bonchev–Trinajstić information content (AvgIpc) is 3.35. The Morgan fingerprint density at radius 1 is 1.09 bits per heavy atom. The first-order valence-corrected chi connectivity index (χ1v) is 12.5. The van der Waals surface area contributed by atoms with Gasteiger partial charge in [-0.3, -0.25) is 9.69 Å². The summed E-state index contributed by atoms with van der Waals surface area (Å²) in [4.78, 5) is 28.7. The molecule has 1 N–H and O–H groups in total. The van der Waals surface area contributed by atoms with Gasteiger partial charge in [-0.25, -0.2) is 9.97 Å². The molecule has 7 nitrogen and oxygen atoms in total. The Kier molecular flexibility index (Phi) is 6.49. The molecule has 0 aliphatic carbocycles. The van der Waals surface area contributed by atoms with Crippen LogP contribution in [0.1, 0.15) is 61.2 Å². The van der Waals surface area contributed by atoms with Crippen molar-refractivity contribution in [2.45, 2.75) is 58.0 Å². The van der Waals surface area contributed by atoms with Crippen LogP contribution in [0.25, 0.3) is 0 Å². The molecule has 3 aliphatic rings. The van der Waals surface area contributed by atoms with Crippen molar-refractivity contribution in [2.24, 2.45) is 0 Å². The average molecular weight is 449 g/mol. The topological polar surface area (TPSA) is 64.6 Å². The van der Waals surface area contributed by atoms with Crippen molar-refractivity contribution in [3.63, 3.8) is 0 Å². The molecule has 1 amide bonds. The van der Waals surface area contributed by atoms with Gasteiger partial charge in [0.05, 0.1) is 5.69 Å². The van der Waals surface area contributed by atoms with Gasteiger partial charge in [-0.05, 0) is 37.3 Å². The predicted octanol–water partition coefficient (Wildman–Crippen LogP) is 3.40. The van der Waals surface area contributed by atoms with E-state index in [1.54, 1.807) is 6.92 Å². The van der Waals surface area contributed by atoms with Crippen molar-refractivity contribution >= 4 is 17.4 Å². The zero-order valence-electron chi connectivity index (χ0n) is 20.0. The van der Waals surface area contributed by atoms with Crippen LogP contribution in [-0.2, 0) is 24.3 Å². The number of carbonyl (C=O) groups is 1. The van der Waals surface area contributed by atoms with Gasteiger partial charge >= 0.3 is 0 Å². The Bertz CT molecular complexity index is 985. The maximum atomic E-state index is 11.8. The molecule has 0 unspecified atom stereocenters. The summed E-state index contributed by atoms with van der Waals surface area (Å²) in [5.41, 5.74) is 5.22. The van der Waals surface area contributed by atoms with Crippen LogP contribution < -0.4 is 10.2 Å². The van der Waals surface area contributed by atoms with Crippen LogP contribution in [-0.4, -0.2) is 65.4 Å². The van der Waals surface area contributed by atoms with Gasteiger partial charge in [0.1, 0.15) is 11.6 Å². The fraction of sp³-hybridized carbons (Fsp3) is 0.577. The van der Waals surface area contributed by atoms with Crippen LogP contribution in [0.3, 0.4) is 0 Å². The molecule has 0 spiro atoms. The molecule has 1 atom stereocenters. The van der Waals surface area contributed by atoms with Crippen molar-refractivity contribution in [3.8, 4) is 0 Å². The molecule has 0 radical (unpaired) electrons. The van der Waals surface area contributed by atoms with Gasteiger partial charge in [0.15, 0.2) is 0 Å². The summed E-state index contributed by atoms with van der Waals surface area (Å²) in [6, 6.07) is 8.92. The van der Waals surface area contributed by atoms with Crippen LogP contribution in [0, 0.1) is 0 Å². The van der Waals surface area contributed by atoms with Crippen molar-refractivity contribution in [1.82, 2.24) is 19.8 Å². The van der Waals surface area contributed by atoms with Gasteiger partial charge in [0.25, 0.3) is 0 Å². The molecule has 33 heavy (non-hydrogen) atoms. The summed E-state index contributed by atoms with van der Waals surface area (Å²) in [7, 11) is 1.95. The second kappa shape index (κ2) is 9.67. The fourth-order valence-corrected chi connectivity index (χ4v) is 5.60. The van der Waals surface area contributed by atoms with Gasteiger partial charge in [-0.15, -0.1) is 0 Å². The molecular weight excluding hydrogens is 412 g/mol. The lowest BCUT2D eigenvalue weighted by molar-refractivity contribution is -0.127. The maximum absolute atomic E-state index is 11.8. The van der Waals surface area contributed by atoms with Gasteiger partial charge < -0.3 is 15.1 Å². The van der Waals surface area contributed by atoms with E-state index < -0.39 is 0 Å². The predicted molar refractivity (Wildman–Crippen MR) is 132 cm³/mol. The SMILES string of the molecule is CNc1nc([C@H]2CCN(C(C)=O)C2)nc2c1CN(Cc1ccccc1N1CCCCC1)CC2. The molecule has 176 valence electrons. The van der Waals surface area contributed by atoms with E-state index in [1.165, 1.54) is 54.9 Å². The minimum absolute atomic E-state index is 0.143. The van der Waals surface area contributed by atoms with Crippen molar-refractivity contribution in [2.75, 3.05) is 50.0 Å². The third kappa shape index (κ3) is 4.69. The number of piperidine rings is 1. The summed E-state index contributed by atoms with van der Waals surface area (Å²) < 4.78 is 0. The van der Waals surface area contributed by atoms with Crippen LogP contribution >= 0.6 is 0 Å². The number of carbonyl (C=O) groups excluding carboxylic acids is 1. The van der Waals surface area contributed by atoms with Crippen LogP contribution in [0.5, 0.6) is 0 Å². The number of aromatic nitrogens is 2. The van der Waals surface area contributed by atoms with E-state index in [-0.39, 0.29) is 11.8 Å². The minimum atomic E-state index is 0.143. The van der Waals surface area contributed by atoms with Crippen LogP contribution in [0.15, 0.2) is 24.3 Å². The maximum Gasteiger partial charge on any atom is 0.219 e. The molecule has 2 fully saturated rings. The van der Waals surface area contributed by atoms with Gasteiger partial charge in [0.2, 0.25) is 5.91 Å². The van der Waals surface area contributed by atoms with E-state index in [1.807, 2.05) is 11.9 Å². The van der Waals surface area contributed by atoms with E-state index in [4.69, 9.17) is 9.97 Å². The molecule has 4 heterocycles. The quantitative estimate of drug-likeness (QED) is 0.756. The standard InChI is InChI=1S/C26H36N6O/c1-19(33)32-15-10-21(17-32)25-28-23-11-14-30(18-22(23)26(27-2)29-25)16-20-8-4-5-9-24(20)31-12-6-3-7-13-31/h4-5,8-9,21H,3,6-7,10-18H2,1-2H3,(H,27,28,29)/t21-/m0/s1. The van der Waals surface area contributed by atoms with E-state index in [0.29, 0.717) is 0 Å². The Morgan fingerprint density at radius 3 is 2.67 bits per heavy atom. The van der Waals surface area contributed by atoms with Gasteiger partial charge in [-0.1, -0.05) is 18.2 Å². The minimum Gasteiger partial charge on any atom is -0.373 e. The second-order valence-electron chi connectivity index (χ2n) is 9.69. The largest absolute Gasteiger partial charge is 0.373 e. The number of likely N-dealkylation sites (tertiary alicyclic amines) is 1. The number of benzene rings is 1. The number of para-hydroxylation sites is 1. The Hall–Kier alpha value is -2.67. The van der Waals surface area contributed by atoms with Crippen molar-refractivity contribution in [3.05, 3.63) is 46.9 Å². The summed E-state index contributed by atoms with van der Waals surface area (Å²) in [6.07, 6.45) is 5.82. The number of amides is 1. The third-order valence-electron chi connectivity index (χ3n) is 7.47. The van der Waals surface area contributed by atoms with E-state index in [2.05, 4.69) is 39.4 Å². The Morgan fingerprint density at radius 2 is 1.91 bits per heavy atom. The first-order valence-electron chi connectivity index (χ1n) is 12.5. The van der Waals surface area contributed by atoms with E-state index in [0.717, 1.165) is 57.2 Å². The molecular formula is C26H36N6O. The van der Waals surface area contributed by atoms with Crippen LogP contribution in [0.2, 0.25) is 0 Å². The smallest absolute Gasteiger partial charge is 0.219 e. The molecule has 1 aromatic carbocycles. The molecule has 3 aliphatic heterocycles. The zero-order valence-corrected chi connectivity index (χ0v) is 20.0. The highest BCUT2D eigenvalue weighted by Gasteiger charge is 2.30. The van der Waals surface area contributed by atoms with Gasteiger partial charge in [-0.2, -0.15) is 0 Å². The normalized spacial score (nSPS) is 21.2. The first kappa shape index (κ1) is 22.1. The lowest BCUT2D eigenvalue weighted by Gasteiger charge is -2.33. The highest BCUT2D eigenvalue weighted by molar-refractivity contribution is 5.73. The third-order valence-corrected chi connectivity index (χ3v) is 7.47. The van der Waals surface area contributed by atoms with Gasteiger partial charge in [0, 0.05) is 83.4 Å². The molecule has 0 saturated carbocycles. The molecule has 2 saturated heterocycles. The Labute approximate surface area is 197 Å². The van der Waals surface area contributed by atoms with Crippen molar-refractivity contribution < 1.29 is 4.79 Å². The highest BCUT2D eigenvalue weighted by atomic mass is 16.2. The summed E-state index contributed by atoms with van der Waals surface area (Å²) in [5.74, 6) is 2.22. The van der Waals surface area contributed by atoms with Crippen molar-refractivity contribution in [1.29, 1.82) is 0 Å². The fourth-order valence-electron chi connectivity index (χ4n) is 5.60.